The zero-order valence-electron chi connectivity index (χ0n) is 14.5. The van der Waals surface area contributed by atoms with Gasteiger partial charge in [-0.15, -0.1) is 0 Å². The van der Waals surface area contributed by atoms with Crippen molar-refractivity contribution in [1.29, 1.82) is 0 Å². The van der Waals surface area contributed by atoms with Gasteiger partial charge in [0.15, 0.2) is 5.82 Å². The van der Waals surface area contributed by atoms with E-state index in [1.54, 1.807) is 18.3 Å². The highest BCUT2D eigenvalue weighted by Crippen LogP contribution is 2.33. The average molecular weight is 326 g/mol. The molecule has 0 spiro atoms. The van der Waals surface area contributed by atoms with E-state index in [-0.39, 0.29) is 0 Å². The minimum atomic E-state index is 0.857. The highest BCUT2D eigenvalue weighted by molar-refractivity contribution is 6.09. The van der Waals surface area contributed by atoms with Gasteiger partial charge in [-0.1, -0.05) is 0 Å². The number of nitrogens with one attached hydrogen (secondary N) is 1. The topological polar surface area (TPSA) is 47.6 Å². The normalized spacial score (nSPS) is 16.2. The molecular weight excluding hydrogens is 302 g/mol. The number of nitrogens with zero attached hydrogens (tertiary/aromatic N) is 4. The Balaban J connectivity index is 1.85. The minimum Gasteiger partial charge on any atom is -0.497 e. The molecule has 4 rings (SSSR count). The molecule has 0 saturated carbocycles. The van der Waals surface area contributed by atoms with Gasteiger partial charge in [-0.05, 0) is 25.1 Å². The zero-order valence-corrected chi connectivity index (χ0v) is 14.5. The maximum atomic E-state index is 5.39. The third-order valence-electron chi connectivity index (χ3n) is 5.23. The van der Waals surface area contributed by atoms with Crippen LogP contribution in [0.25, 0.3) is 21.9 Å². The van der Waals surface area contributed by atoms with Crippen LogP contribution in [0.3, 0.4) is 0 Å². The number of ether oxygens (including phenoxy) is 1. The molecule has 2 aromatic heterocycles. The molecule has 126 valence electrons. The molecule has 6 heteroatoms. The van der Waals surface area contributed by atoms with Crippen molar-refractivity contribution < 1.29 is 9.64 Å². The summed E-state index contributed by atoms with van der Waals surface area (Å²) in [5, 5.41) is 1.12. The summed E-state index contributed by atoms with van der Waals surface area (Å²) in [7, 11) is 3.79. The van der Waals surface area contributed by atoms with E-state index >= 15 is 0 Å². The average Bonchev–Trinajstić information content (AvgIpc) is 2.94. The van der Waals surface area contributed by atoms with E-state index in [0.29, 0.717) is 0 Å². The molecular formula is C18H24N5O+. The van der Waals surface area contributed by atoms with Gasteiger partial charge >= 0.3 is 0 Å². The number of methoxy groups -OCH3 is 1. The van der Waals surface area contributed by atoms with Gasteiger partial charge in [0.2, 0.25) is 0 Å². The SMILES string of the molecule is CC[NH+]1CCN(c2ncnc3c4cc(OC)ccc4n(C)c23)CC1. The molecule has 3 aromatic rings. The van der Waals surface area contributed by atoms with Crippen LogP contribution in [0.15, 0.2) is 24.5 Å². The van der Waals surface area contributed by atoms with E-state index in [2.05, 4.69) is 45.5 Å². The first-order valence-corrected chi connectivity index (χ1v) is 8.58. The van der Waals surface area contributed by atoms with Gasteiger partial charge in [0.05, 0.1) is 45.4 Å². The number of benzene rings is 1. The summed E-state index contributed by atoms with van der Waals surface area (Å²) in [5.41, 5.74) is 3.27. The molecule has 0 atom stereocenters. The van der Waals surface area contributed by atoms with Crippen LogP contribution in [0, 0.1) is 0 Å². The van der Waals surface area contributed by atoms with Gasteiger partial charge in [-0.2, -0.15) is 0 Å². The van der Waals surface area contributed by atoms with E-state index in [1.807, 2.05) is 6.07 Å². The number of likely N-dealkylation sites (N-methyl/N-ethyl adjacent to an activating group) is 1. The maximum absolute atomic E-state index is 5.39. The standard InChI is InChI=1S/C18H23N5O/c1-4-22-7-9-23(10-8-22)18-17-16(19-12-20-18)14-11-13(24-3)5-6-15(14)21(17)2/h5-6,11-12H,4,7-10H2,1-3H3/p+1. The van der Waals surface area contributed by atoms with Crippen LogP contribution < -0.4 is 14.5 Å². The van der Waals surface area contributed by atoms with Gasteiger partial charge in [0.1, 0.15) is 23.1 Å². The summed E-state index contributed by atoms with van der Waals surface area (Å²) in [6.07, 6.45) is 1.69. The Labute approximate surface area is 141 Å². The monoisotopic (exact) mass is 326 g/mol. The fourth-order valence-corrected chi connectivity index (χ4v) is 3.74. The lowest BCUT2D eigenvalue weighted by Gasteiger charge is -2.32. The Morgan fingerprint density at radius 1 is 1.21 bits per heavy atom. The van der Waals surface area contributed by atoms with Crippen molar-refractivity contribution in [3.8, 4) is 5.75 Å². The van der Waals surface area contributed by atoms with Gasteiger partial charge < -0.3 is 19.1 Å². The molecule has 1 aromatic carbocycles. The largest absolute Gasteiger partial charge is 0.497 e. The second-order valence-electron chi connectivity index (χ2n) is 6.43. The number of aromatic nitrogens is 3. The summed E-state index contributed by atoms with van der Waals surface area (Å²) in [6, 6.07) is 6.16. The number of piperazine rings is 1. The van der Waals surface area contributed by atoms with E-state index in [1.165, 1.54) is 19.6 Å². The highest BCUT2D eigenvalue weighted by atomic mass is 16.5. The van der Waals surface area contributed by atoms with Crippen LogP contribution in [0.2, 0.25) is 0 Å². The molecule has 0 unspecified atom stereocenters. The lowest BCUT2D eigenvalue weighted by molar-refractivity contribution is -0.898. The molecule has 0 radical (unpaired) electrons. The van der Waals surface area contributed by atoms with Crippen molar-refractivity contribution >= 4 is 27.8 Å². The van der Waals surface area contributed by atoms with Crippen LogP contribution in [0.1, 0.15) is 6.92 Å². The molecule has 1 N–H and O–H groups in total. The smallest absolute Gasteiger partial charge is 0.157 e. The van der Waals surface area contributed by atoms with E-state index in [9.17, 15) is 0 Å². The van der Waals surface area contributed by atoms with Crippen LogP contribution in [0.5, 0.6) is 5.75 Å². The van der Waals surface area contributed by atoms with Crippen molar-refractivity contribution in [3.05, 3.63) is 24.5 Å². The number of quaternary nitrogens is 1. The van der Waals surface area contributed by atoms with Crippen LogP contribution in [-0.2, 0) is 7.05 Å². The Morgan fingerprint density at radius 3 is 2.71 bits per heavy atom. The summed E-state index contributed by atoms with van der Waals surface area (Å²) in [4.78, 5) is 13.3. The first-order chi connectivity index (χ1) is 11.7. The van der Waals surface area contributed by atoms with Crippen molar-refractivity contribution in [2.75, 3.05) is 44.7 Å². The number of hydrogen-bond donors (Lipinski definition) is 1. The minimum absolute atomic E-state index is 0.857. The predicted octanol–water partition coefficient (Wildman–Crippen LogP) is 0.855. The number of hydrogen-bond acceptors (Lipinski definition) is 4. The number of aryl methyl sites for hydroxylation is 1. The second kappa shape index (κ2) is 5.94. The summed E-state index contributed by atoms with van der Waals surface area (Å²) in [5.74, 6) is 1.91. The van der Waals surface area contributed by atoms with Crippen LogP contribution in [-0.4, -0.2) is 54.4 Å². The first-order valence-electron chi connectivity index (χ1n) is 8.58. The Hall–Kier alpha value is -2.34. The van der Waals surface area contributed by atoms with Gasteiger partial charge in [0.25, 0.3) is 0 Å². The molecule has 1 aliphatic heterocycles. The molecule has 0 bridgehead atoms. The predicted molar refractivity (Wildman–Crippen MR) is 96.0 cm³/mol. The fourth-order valence-electron chi connectivity index (χ4n) is 3.74. The van der Waals surface area contributed by atoms with Crippen molar-refractivity contribution in [1.82, 2.24) is 14.5 Å². The van der Waals surface area contributed by atoms with E-state index in [4.69, 9.17) is 4.74 Å². The Bertz CT molecular complexity index is 880. The van der Waals surface area contributed by atoms with Crippen molar-refractivity contribution in [2.45, 2.75) is 6.92 Å². The Kier molecular flexibility index (Phi) is 3.76. The summed E-state index contributed by atoms with van der Waals surface area (Å²) >= 11 is 0. The Morgan fingerprint density at radius 2 is 2.00 bits per heavy atom. The first kappa shape index (κ1) is 15.2. The maximum Gasteiger partial charge on any atom is 0.157 e. The van der Waals surface area contributed by atoms with Crippen LogP contribution >= 0.6 is 0 Å². The van der Waals surface area contributed by atoms with Crippen molar-refractivity contribution in [3.63, 3.8) is 0 Å². The van der Waals surface area contributed by atoms with Gasteiger partial charge in [-0.25, -0.2) is 9.97 Å². The van der Waals surface area contributed by atoms with E-state index < -0.39 is 0 Å². The summed E-state index contributed by atoms with van der Waals surface area (Å²) < 4.78 is 7.59. The van der Waals surface area contributed by atoms with Gasteiger partial charge in [0, 0.05) is 12.4 Å². The van der Waals surface area contributed by atoms with Crippen molar-refractivity contribution in [2.24, 2.45) is 7.05 Å². The zero-order chi connectivity index (χ0) is 16.7. The molecule has 1 aliphatic rings. The molecule has 6 nitrogen and oxygen atoms in total. The fraction of sp³-hybridized carbons (Fsp3) is 0.444. The molecule has 24 heavy (non-hydrogen) atoms. The molecule has 1 fully saturated rings. The molecule has 1 saturated heterocycles. The third kappa shape index (κ3) is 2.29. The number of rotatable bonds is 3. The number of fused-ring (bicyclic) bond motifs is 3. The number of anilines is 1. The highest BCUT2D eigenvalue weighted by Gasteiger charge is 2.23. The van der Waals surface area contributed by atoms with E-state index in [0.717, 1.165) is 46.6 Å². The molecule has 3 heterocycles. The van der Waals surface area contributed by atoms with Crippen LogP contribution in [0.4, 0.5) is 5.82 Å². The summed E-state index contributed by atoms with van der Waals surface area (Å²) in [6.45, 7) is 7.87. The molecule has 0 aliphatic carbocycles. The molecule has 0 amide bonds. The van der Waals surface area contributed by atoms with Gasteiger partial charge in [-0.3, -0.25) is 0 Å². The lowest BCUT2D eigenvalue weighted by atomic mass is 10.2. The second-order valence-corrected chi connectivity index (χ2v) is 6.43. The lowest BCUT2D eigenvalue weighted by Crippen LogP contribution is -3.14. The third-order valence-corrected chi connectivity index (χ3v) is 5.23. The quantitative estimate of drug-likeness (QED) is 0.775.